The van der Waals surface area contributed by atoms with Crippen molar-refractivity contribution in [3.05, 3.63) is 64.9 Å². The molecule has 0 saturated carbocycles. The van der Waals surface area contributed by atoms with Gasteiger partial charge < -0.3 is 9.64 Å². The second-order valence-corrected chi connectivity index (χ2v) is 7.50. The van der Waals surface area contributed by atoms with Crippen molar-refractivity contribution in [3.8, 4) is 0 Å². The highest BCUT2D eigenvalue weighted by molar-refractivity contribution is 6.30. The third-order valence-corrected chi connectivity index (χ3v) is 5.51. The Morgan fingerprint density at radius 3 is 2.71 bits per heavy atom. The van der Waals surface area contributed by atoms with Gasteiger partial charge in [-0.1, -0.05) is 29.8 Å². The first-order valence-electron chi connectivity index (χ1n) is 9.12. The van der Waals surface area contributed by atoms with Gasteiger partial charge in [-0.15, -0.1) is 0 Å². The van der Waals surface area contributed by atoms with Crippen LogP contribution >= 0.6 is 11.6 Å². The molecule has 6 nitrogen and oxygen atoms in total. The number of esters is 1. The fourth-order valence-electron chi connectivity index (χ4n) is 3.90. The molecule has 2 aromatic rings. The first-order valence-corrected chi connectivity index (χ1v) is 9.50. The van der Waals surface area contributed by atoms with Crippen molar-refractivity contribution < 1.29 is 14.3 Å². The van der Waals surface area contributed by atoms with Gasteiger partial charge in [0.2, 0.25) is 5.91 Å². The predicted molar refractivity (Wildman–Crippen MR) is 107 cm³/mol. The summed E-state index contributed by atoms with van der Waals surface area (Å²) in [5, 5.41) is 0.598. The fraction of sp³-hybridized carbons (Fsp3) is 0.381. The largest absolute Gasteiger partial charge is 0.468 e. The molecule has 0 bridgehead atoms. The molecular weight excluding hydrogens is 378 g/mol. The molecule has 2 heterocycles. The summed E-state index contributed by atoms with van der Waals surface area (Å²) in [6, 6.07) is 12.3. The monoisotopic (exact) mass is 401 g/mol. The van der Waals surface area contributed by atoms with Crippen LogP contribution in [0.5, 0.6) is 0 Å². The van der Waals surface area contributed by atoms with Crippen LogP contribution in [-0.4, -0.2) is 53.9 Å². The quantitative estimate of drug-likeness (QED) is 0.721. The van der Waals surface area contributed by atoms with Crippen LogP contribution in [0.4, 0.5) is 0 Å². The van der Waals surface area contributed by atoms with Crippen molar-refractivity contribution in [2.24, 2.45) is 5.92 Å². The Morgan fingerprint density at radius 1 is 1.29 bits per heavy atom. The van der Waals surface area contributed by atoms with Gasteiger partial charge in [0.1, 0.15) is 6.04 Å². The highest BCUT2D eigenvalue weighted by atomic mass is 35.5. The van der Waals surface area contributed by atoms with Crippen LogP contribution in [0.3, 0.4) is 0 Å². The van der Waals surface area contributed by atoms with Crippen LogP contribution in [0.2, 0.25) is 5.02 Å². The Morgan fingerprint density at radius 2 is 2.07 bits per heavy atom. The maximum Gasteiger partial charge on any atom is 0.323 e. The summed E-state index contributed by atoms with van der Waals surface area (Å²) in [4.78, 5) is 33.4. The van der Waals surface area contributed by atoms with Gasteiger partial charge in [0.25, 0.3) is 0 Å². The molecule has 148 valence electrons. The number of amides is 1. The van der Waals surface area contributed by atoms with Crippen LogP contribution in [0.25, 0.3) is 0 Å². The van der Waals surface area contributed by atoms with E-state index in [0.29, 0.717) is 18.0 Å². The number of hydrogen-bond acceptors (Lipinski definition) is 5. The minimum Gasteiger partial charge on any atom is -0.468 e. The third-order valence-electron chi connectivity index (χ3n) is 5.27. The lowest BCUT2D eigenvalue weighted by molar-refractivity contribution is -0.145. The number of likely N-dealkylation sites (tertiary alicyclic amines) is 1. The van der Waals surface area contributed by atoms with Gasteiger partial charge in [0.05, 0.1) is 25.3 Å². The Labute approximate surface area is 170 Å². The molecule has 0 unspecified atom stereocenters. The highest BCUT2D eigenvalue weighted by Gasteiger charge is 2.47. The number of ether oxygens (including phenoxy) is 1. The van der Waals surface area contributed by atoms with Crippen LogP contribution in [-0.2, 0) is 20.9 Å². The van der Waals surface area contributed by atoms with E-state index in [-0.39, 0.29) is 23.8 Å². The first kappa shape index (κ1) is 20.3. The Balaban J connectivity index is 1.88. The topological polar surface area (TPSA) is 62.7 Å². The summed E-state index contributed by atoms with van der Waals surface area (Å²) in [7, 11) is 4.98. The average Bonchev–Trinajstić information content (AvgIpc) is 3.04. The van der Waals surface area contributed by atoms with Crippen molar-refractivity contribution in [1.29, 1.82) is 0 Å². The average molecular weight is 402 g/mol. The van der Waals surface area contributed by atoms with Gasteiger partial charge in [-0.2, -0.15) is 0 Å². The van der Waals surface area contributed by atoms with Crippen molar-refractivity contribution in [1.82, 2.24) is 14.8 Å². The summed E-state index contributed by atoms with van der Waals surface area (Å²) in [6.07, 6.45) is 2.10. The molecule has 0 aliphatic carbocycles. The zero-order chi connectivity index (χ0) is 20.3. The number of likely N-dealkylation sites (N-methyl/N-ethyl adjacent to an activating group) is 1. The van der Waals surface area contributed by atoms with Crippen LogP contribution < -0.4 is 0 Å². The zero-order valence-electron chi connectivity index (χ0n) is 16.2. The molecule has 28 heavy (non-hydrogen) atoms. The summed E-state index contributed by atoms with van der Waals surface area (Å²) >= 11 is 6.18. The van der Waals surface area contributed by atoms with Gasteiger partial charge in [0, 0.05) is 24.3 Å². The van der Waals surface area contributed by atoms with Crippen molar-refractivity contribution in [3.63, 3.8) is 0 Å². The number of methoxy groups -OCH3 is 1. The lowest BCUT2D eigenvalue weighted by Gasteiger charge is -2.29. The van der Waals surface area contributed by atoms with E-state index in [9.17, 15) is 9.59 Å². The number of carbonyl (C=O) groups excluding carboxylic acids is 2. The molecule has 1 aromatic carbocycles. The minimum atomic E-state index is -0.480. The van der Waals surface area contributed by atoms with E-state index < -0.39 is 6.04 Å². The smallest absolute Gasteiger partial charge is 0.323 e. The summed E-state index contributed by atoms with van der Waals surface area (Å²) in [6.45, 7) is 0.408. The maximum absolute atomic E-state index is 13.3. The molecule has 0 radical (unpaired) electrons. The Hall–Kier alpha value is -2.44. The minimum absolute atomic E-state index is 0.0334. The van der Waals surface area contributed by atoms with E-state index in [1.807, 2.05) is 48.3 Å². The fourth-order valence-corrected chi connectivity index (χ4v) is 4.10. The maximum atomic E-state index is 13.3. The van der Waals surface area contributed by atoms with Gasteiger partial charge in [-0.05, 0) is 43.3 Å². The van der Waals surface area contributed by atoms with Crippen molar-refractivity contribution in [2.75, 3.05) is 21.2 Å². The molecule has 0 spiro atoms. The van der Waals surface area contributed by atoms with Crippen molar-refractivity contribution >= 4 is 23.5 Å². The second-order valence-electron chi connectivity index (χ2n) is 7.06. The summed E-state index contributed by atoms with van der Waals surface area (Å²) in [5.41, 5.74) is 1.72. The number of carbonyl (C=O) groups is 2. The van der Waals surface area contributed by atoms with Gasteiger partial charge in [0.15, 0.2) is 0 Å². The lowest BCUT2D eigenvalue weighted by atomic mass is 9.92. The van der Waals surface area contributed by atoms with E-state index in [0.717, 1.165) is 11.3 Å². The second kappa shape index (κ2) is 8.71. The van der Waals surface area contributed by atoms with Gasteiger partial charge in [-0.25, -0.2) is 0 Å². The van der Waals surface area contributed by atoms with E-state index in [4.69, 9.17) is 16.3 Å². The number of benzene rings is 1. The third kappa shape index (κ3) is 4.18. The first-order chi connectivity index (χ1) is 13.4. The number of aromatic nitrogens is 1. The van der Waals surface area contributed by atoms with Crippen LogP contribution in [0.1, 0.15) is 23.7 Å². The standard InChI is InChI=1S/C21H24ClN3O3/c1-24(13-16-9-4-5-10-23-16)20(26)17-12-18(21(27)28-3)25(2)19(17)14-7-6-8-15(22)11-14/h4-11,17-19H,12-13H2,1-3H3/t17-,18-,19-/m1/s1. The van der Waals surface area contributed by atoms with Gasteiger partial charge in [-0.3, -0.25) is 19.5 Å². The van der Waals surface area contributed by atoms with Crippen LogP contribution in [0, 0.1) is 5.92 Å². The zero-order valence-corrected chi connectivity index (χ0v) is 17.0. The number of hydrogen-bond donors (Lipinski definition) is 0. The lowest BCUT2D eigenvalue weighted by Crippen LogP contribution is -2.37. The molecule has 1 amide bonds. The summed E-state index contributed by atoms with van der Waals surface area (Å²) in [5.74, 6) is -0.757. The highest BCUT2D eigenvalue weighted by Crippen LogP contribution is 2.41. The molecular formula is C21H24ClN3O3. The number of nitrogens with zero attached hydrogens (tertiary/aromatic N) is 3. The number of pyridine rings is 1. The van der Waals surface area contributed by atoms with E-state index in [1.165, 1.54) is 7.11 Å². The molecule has 1 aromatic heterocycles. The molecule has 1 aliphatic heterocycles. The van der Waals surface area contributed by atoms with E-state index in [1.54, 1.807) is 24.2 Å². The molecule has 3 atom stereocenters. The number of rotatable bonds is 5. The SMILES string of the molecule is COC(=O)[C@H]1C[C@@H](C(=O)N(C)Cc2ccccn2)[C@@H](c2cccc(Cl)c2)N1C. The van der Waals surface area contributed by atoms with E-state index in [2.05, 4.69) is 4.98 Å². The molecule has 1 aliphatic rings. The Kier molecular flexibility index (Phi) is 6.31. The summed E-state index contributed by atoms with van der Waals surface area (Å²) < 4.78 is 4.96. The van der Waals surface area contributed by atoms with Crippen molar-refractivity contribution in [2.45, 2.75) is 25.0 Å². The van der Waals surface area contributed by atoms with Gasteiger partial charge >= 0.3 is 5.97 Å². The molecule has 1 fully saturated rings. The number of halogens is 1. The van der Waals surface area contributed by atoms with E-state index >= 15 is 0 Å². The Bertz CT molecular complexity index is 846. The molecule has 7 heteroatoms. The normalized spacial score (nSPS) is 22.1. The molecule has 1 saturated heterocycles. The predicted octanol–water partition coefficient (Wildman–Crippen LogP) is 2.93. The molecule has 0 N–H and O–H groups in total. The van der Waals surface area contributed by atoms with Crippen LogP contribution in [0.15, 0.2) is 48.7 Å². The molecule has 3 rings (SSSR count).